The van der Waals surface area contributed by atoms with E-state index in [4.69, 9.17) is 5.11 Å². The van der Waals surface area contributed by atoms with E-state index in [9.17, 15) is 4.79 Å². The van der Waals surface area contributed by atoms with E-state index in [1.165, 1.54) is 6.42 Å². The molecule has 1 rings (SSSR count). The minimum atomic E-state index is -0.685. The summed E-state index contributed by atoms with van der Waals surface area (Å²) in [5.41, 5.74) is 0.0527. The number of carbonyl (C=O) groups is 1. The van der Waals surface area contributed by atoms with Crippen LogP contribution in [-0.2, 0) is 4.79 Å². The Kier molecular flexibility index (Phi) is 3.77. The molecule has 0 saturated carbocycles. The van der Waals surface area contributed by atoms with Crippen molar-refractivity contribution in [2.24, 2.45) is 11.3 Å². The summed E-state index contributed by atoms with van der Waals surface area (Å²) < 4.78 is 0. The second kappa shape index (κ2) is 4.52. The number of aliphatic carboxylic acids is 1. The molecule has 3 nitrogen and oxygen atoms in total. The maximum absolute atomic E-state index is 10.8. The van der Waals surface area contributed by atoms with Crippen molar-refractivity contribution in [2.45, 2.75) is 46.6 Å². The van der Waals surface area contributed by atoms with Crippen molar-refractivity contribution in [3.63, 3.8) is 0 Å². The molecule has 15 heavy (non-hydrogen) atoms. The molecule has 1 fully saturated rings. The fraction of sp³-hybridized carbons (Fsp3) is 0.917. The number of likely N-dealkylation sites (tertiary alicyclic amines) is 1. The Morgan fingerprint density at radius 2 is 2.00 bits per heavy atom. The molecule has 0 radical (unpaired) electrons. The van der Waals surface area contributed by atoms with Gasteiger partial charge in [0, 0.05) is 19.1 Å². The molecule has 1 aliphatic heterocycles. The van der Waals surface area contributed by atoms with Crippen LogP contribution in [0.25, 0.3) is 0 Å². The SMILES string of the molecule is CCC1CN(C(CC(=O)O)C(C)(C)C)C1. The Morgan fingerprint density at radius 1 is 1.47 bits per heavy atom. The lowest BCUT2D eigenvalue weighted by atomic mass is 9.80. The van der Waals surface area contributed by atoms with Crippen molar-refractivity contribution in [3.8, 4) is 0 Å². The highest BCUT2D eigenvalue weighted by Crippen LogP contribution is 2.32. The Hall–Kier alpha value is -0.570. The van der Waals surface area contributed by atoms with E-state index < -0.39 is 5.97 Å². The van der Waals surface area contributed by atoms with Crippen molar-refractivity contribution < 1.29 is 9.90 Å². The molecule has 1 aliphatic rings. The highest BCUT2D eigenvalue weighted by molar-refractivity contribution is 5.67. The van der Waals surface area contributed by atoms with Crippen molar-refractivity contribution in [1.82, 2.24) is 4.90 Å². The molecule has 1 atom stereocenters. The number of carboxylic acids is 1. The molecule has 0 aliphatic carbocycles. The van der Waals surface area contributed by atoms with Gasteiger partial charge in [-0.2, -0.15) is 0 Å². The first-order valence-corrected chi connectivity index (χ1v) is 5.80. The summed E-state index contributed by atoms with van der Waals surface area (Å²) in [6, 6.07) is 0.179. The molecule has 1 saturated heterocycles. The number of nitrogens with zero attached hydrogens (tertiary/aromatic N) is 1. The van der Waals surface area contributed by atoms with Gasteiger partial charge in [-0.1, -0.05) is 34.1 Å². The van der Waals surface area contributed by atoms with E-state index in [0.29, 0.717) is 0 Å². The Balaban J connectivity index is 2.55. The summed E-state index contributed by atoms with van der Waals surface area (Å²) in [5.74, 6) is 0.0959. The van der Waals surface area contributed by atoms with Crippen molar-refractivity contribution >= 4 is 5.97 Å². The normalized spacial score (nSPS) is 21.1. The zero-order valence-electron chi connectivity index (χ0n) is 10.3. The second-order valence-corrected chi connectivity index (χ2v) is 5.71. The van der Waals surface area contributed by atoms with E-state index in [1.807, 2.05) is 0 Å². The van der Waals surface area contributed by atoms with Crippen LogP contribution in [0.2, 0.25) is 0 Å². The number of rotatable bonds is 4. The van der Waals surface area contributed by atoms with E-state index in [-0.39, 0.29) is 17.9 Å². The fourth-order valence-electron chi connectivity index (χ4n) is 2.27. The average molecular weight is 213 g/mol. The minimum Gasteiger partial charge on any atom is -0.481 e. The molecule has 0 amide bonds. The number of hydrogen-bond donors (Lipinski definition) is 1. The van der Waals surface area contributed by atoms with Crippen LogP contribution in [0.15, 0.2) is 0 Å². The zero-order chi connectivity index (χ0) is 11.6. The molecule has 3 heteroatoms. The lowest BCUT2D eigenvalue weighted by molar-refractivity contribution is -0.141. The first-order valence-electron chi connectivity index (χ1n) is 5.80. The van der Waals surface area contributed by atoms with Crippen molar-refractivity contribution in [3.05, 3.63) is 0 Å². The van der Waals surface area contributed by atoms with Gasteiger partial charge in [-0.25, -0.2) is 0 Å². The summed E-state index contributed by atoms with van der Waals surface area (Å²) in [7, 11) is 0. The average Bonchev–Trinajstić information content (AvgIpc) is 1.98. The first kappa shape index (κ1) is 12.5. The van der Waals surface area contributed by atoms with E-state index >= 15 is 0 Å². The lowest BCUT2D eigenvalue weighted by Gasteiger charge is -2.48. The molecular weight excluding hydrogens is 190 g/mol. The van der Waals surface area contributed by atoms with Gasteiger partial charge in [0.1, 0.15) is 0 Å². The van der Waals surface area contributed by atoms with E-state index in [1.54, 1.807) is 0 Å². The number of hydrogen-bond acceptors (Lipinski definition) is 2. The summed E-state index contributed by atoms with van der Waals surface area (Å²) >= 11 is 0. The monoisotopic (exact) mass is 213 g/mol. The molecule has 0 aromatic carbocycles. The van der Waals surface area contributed by atoms with Gasteiger partial charge in [0.25, 0.3) is 0 Å². The lowest BCUT2D eigenvalue weighted by Crippen LogP contribution is -2.56. The molecular formula is C12H23NO2. The predicted molar refractivity (Wildman–Crippen MR) is 60.8 cm³/mol. The fourth-order valence-corrected chi connectivity index (χ4v) is 2.27. The van der Waals surface area contributed by atoms with Crippen LogP contribution >= 0.6 is 0 Å². The minimum absolute atomic E-state index is 0.0527. The molecule has 1 heterocycles. The van der Waals surface area contributed by atoms with Crippen LogP contribution in [0.4, 0.5) is 0 Å². The van der Waals surface area contributed by atoms with Crippen LogP contribution in [-0.4, -0.2) is 35.1 Å². The van der Waals surface area contributed by atoms with Crippen LogP contribution < -0.4 is 0 Å². The maximum Gasteiger partial charge on any atom is 0.304 e. The third kappa shape index (κ3) is 3.20. The molecule has 88 valence electrons. The smallest absolute Gasteiger partial charge is 0.304 e. The Morgan fingerprint density at radius 3 is 2.33 bits per heavy atom. The highest BCUT2D eigenvalue weighted by Gasteiger charge is 2.38. The summed E-state index contributed by atoms with van der Waals surface area (Å²) in [6.45, 7) is 10.7. The second-order valence-electron chi connectivity index (χ2n) is 5.71. The molecule has 0 spiro atoms. The van der Waals surface area contributed by atoms with Gasteiger partial charge in [-0.05, 0) is 11.3 Å². The van der Waals surface area contributed by atoms with Gasteiger partial charge in [-0.15, -0.1) is 0 Å². The van der Waals surface area contributed by atoms with E-state index in [0.717, 1.165) is 19.0 Å². The standard InChI is InChI=1S/C12H23NO2/c1-5-9-7-13(8-9)10(6-11(14)15)12(2,3)4/h9-10H,5-8H2,1-4H3,(H,14,15). The maximum atomic E-state index is 10.8. The van der Waals surface area contributed by atoms with Gasteiger partial charge >= 0.3 is 5.97 Å². The quantitative estimate of drug-likeness (QED) is 0.778. The zero-order valence-corrected chi connectivity index (χ0v) is 10.3. The van der Waals surface area contributed by atoms with Crippen LogP contribution in [0.5, 0.6) is 0 Å². The largest absolute Gasteiger partial charge is 0.481 e. The molecule has 0 aromatic rings. The Labute approximate surface area is 92.5 Å². The third-order valence-electron chi connectivity index (χ3n) is 3.37. The van der Waals surface area contributed by atoms with E-state index in [2.05, 4.69) is 32.6 Å². The van der Waals surface area contributed by atoms with Crippen molar-refractivity contribution in [1.29, 1.82) is 0 Å². The van der Waals surface area contributed by atoms with Crippen LogP contribution in [0.1, 0.15) is 40.5 Å². The highest BCUT2D eigenvalue weighted by atomic mass is 16.4. The van der Waals surface area contributed by atoms with Crippen LogP contribution in [0.3, 0.4) is 0 Å². The van der Waals surface area contributed by atoms with Gasteiger partial charge in [0.05, 0.1) is 6.42 Å². The summed E-state index contributed by atoms with van der Waals surface area (Å²) in [6.07, 6.45) is 1.47. The third-order valence-corrected chi connectivity index (χ3v) is 3.37. The predicted octanol–water partition coefficient (Wildman–Crippen LogP) is 2.22. The van der Waals surface area contributed by atoms with Crippen LogP contribution in [0, 0.1) is 11.3 Å². The van der Waals surface area contributed by atoms with Gasteiger partial charge < -0.3 is 5.11 Å². The molecule has 0 bridgehead atoms. The molecule has 1 N–H and O–H groups in total. The Bertz CT molecular complexity index is 226. The first-order chi connectivity index (χ1) is 6.84. The van der Waals surface area contributed by atoms with Gasteiger partial charge in [0.2, 0.25) is 0 Å². The van der Waals surface area contributed by atoms with Gasteiger partial charge in [-0.3, -0.25) is 9.69 Å². The molecule has 1 unspecified atom stereocenters. The molecule has 0 aromatic heterocycles. The summed E-state index contributed by atoms with van der Waals surface area (Å²) in [4.78, 5) is 13.1. The van der Waals surface area contributed by atoms with Crippen molar-refractivity contribution in [2.75, 3.05) is 13.1 Å². The van der Waals surface area contributed by atoms with Gasteiger partial charge in [0.15, 0.2) is 0 Å². The summed E-state index contributed by atoms with van der Waals surface area (Å²) in [5, 5.41) is 8.91. The topological polar surface area (TPSA) is 40.5 Å². The number of carboxylic acid groups (broad SMARTS) is 1.